The van der Waals surface area contributed by atoms with Gasteiger partial charge in [-0.25, -0.2) is 0 Å². The van der Waals surface area contributed by atoms with Gasteiger partial charge in [0, 0.05) is 5.02 Å². The van der Waals surface area contributed by atoms with Crippen molar-refractivity contribution in [1.29, 1.82) is 0 Å². The minimum atomic E-state index is 0.377. The van der Waals surface area contributed by atoms with E-state index >= 15 is 0 Å². The number of hydrogen-bond acceptors (Lipinski definition) is 3. The third kappa shape index (κ3) is 2.80. The van der Waals surface area contributed by atoms with Crippen LogP contribution in [0.25, 0.3) is 0 Å². The van der Waals surface area contributed by atoms with Crippen LogP contribution in [0.15, 0.2) is 18.2 Å². The summed E-state index contributed by atoms with van der Waals surface area (Å²) in [6, 6.07) is 6.02. The van der Waals surface area contributed by atoms with E-state index in [-0.39, 0.29) is 0 Å². The molecule has 0 aromatic heterocycles. The maximum Gasteiger partial charge on any atom is 0.142 e. The predicted molar refractivity (Wildman–Crippen MR) is 65.5 cm³/mol. The molecule has 0 atom stereocenters. The maximum absolute atomic E-state index is 5.97. The van der Waals surface area contributed by atoms with Gasteiger partial charge in [0.1, 0.15) is 5.75 Å². The highest BCUT2D eigenvalue weighted by Crippen LogP contribution is 2.29. The van der Waals surface area contributed by atoms with Gasteiger partial charge in [-0.2, -0.15) is 0 Å². The summed E-state index contributed by atoms with van der Waals surface area (Å²) in [5.74, 6) is 0.859. The Morgan fingerprint density at radius 1 is 1.50 bits per heavy atom. The third-order valence-corrected chi connectivity index (χ3v) is 2.64. The lowest BCUT2D eigenvalue weighted by Crippen LogP contribution is -2.40. The van der Waals surface area contributed by atoms with Crippen LogP contribution >= 0.6 is 11.6 Å². The molecule has 0 unspecified atom stereocenters. The molecule has 2 rings (SSSR count). The van der Waals surface area contributed by atoms with Gasteiger partial charge in [0.25, 0.3) is 0 Å². The standard InChI is InChI=1S/C12H16ClNO2/c1-2-5-16-12-4-3-9(13)6-11(12)14-10-7-15-8-10/h3-4,6,10,14H,2,5,7-8H2,1H3. The van der Waals surface area contributed by atoms with E-state index in [0.717, 1.165) is 37.7 Å². The van der Waals surface area contributed by atoms with Crippen molar-refractivity contribution in [3.8, 4) is 5.75 Å². The Labute approximate surface area is 101 Å². The number of benzene rings is 1. The van der Waals surface area contributed by atoms with Crippen LogP contribution < -0.4 is 10.1 Å². The molecule has 0 aliphatic carbocycles. The average molecular weight is 242 g/mol. The van der Waals surface area contributed by atoms with Crippen LogP contribution in [0, 0.1) is 0 Å². The molecule has 0 bridgehead atoms. The van der Waals surface area contributed by atoms with Crippen molar-refractivity contribution >= 4 is 17.3 Å². The second kappa shape index (κ2) is 5.41. The summed E-state index contributed by atoms with van der Waals surface area (Å²) in [7, 11) is 0. The molecule has 16 heavy (non-hydrogen) atoms. The van der Waals surface area contributed by atoms with Crippen LogP contribution in [0.2, 0.25) is 5.02 Å². The van der Waals surface area contributed by atoms with Crippen molar-refractivity contribution in [2.75, 3.05) is 25.1 Å². The van der Waals surface area contributed by atoms with Crippen LogP contribution in [0.3, 0.4) is 0 Å². The van der Waals surface area contributed by atoms with Crippen LogP contribution in [-0.2, 0) is 4.74 Å². The quantitative estimate of drug-likeness (QED) is 0.860. The van der Waals surface area contributed by atoms with Crippen LogP contribution in [0.1, 0.15) is 13.3 Å². The first-order valence-electron chi connectivity index (χ1n) is 5.56. The largest absolute Gasteiger partial charge is 0.491 e. The molecule has 0 amide bonds. The lowest BCUT2D eigenvalue weighted by molar-refractivity contribution is 0.0210. The molecule has 1 fully saturated rings. The fourth-order valence-electron chi connectivity index (χ4n) is 1.49. The molecular formula is C12H16ClNO2. The molecule has 1 aliphatic rings. The summed E-state index contributed by atoms with van der Waals surface area (Å²) in [4.78, 5) is 0. The summed E-state index contributed by atoms with van der Waals surface area (Å²) in [6.45, 7) is 4.31. The van der Waals surface area contributed by atoms with Crippen molar-refractivity contribution in [2.45, 2.75) is 19.4 Å². The van der Waals surface area contributed by atoms with Gasteiger partial charge in [0.2, 0.25) is 0 Å². The molecule has 3 nitrogen and oxygen atoms in total. The molecule has 1 heterocycles. The number of hydrogen-bond donors (Lipinski definition) is 1. The SMILES string of the molecule is CCCOc1ccc(Cl)cc1NC1COC1. The summed E-state index contributed by atoms with van der Waals surface area (Å²) in [5.41, 5.74) is 0.953. The number of nitrogens with one attached hydrogen (secondary N) is 1. The van der Waals surface area contributed by atoms with Gasteiger partial charge in [-0.3, -0.25) is 0 Å². The molecular weight excluding hydrogens is 226 g/mol. The fourth-order valence-corrected chi connectivity index (χ4v) is 1.66. The second-order valence-corrected chi connectivity index (χ2v) is 4.30. The summed E-state index contributed by atoms with van der Waals surface area (Å²) in [6.07, 6.45) is 0.995. The molecule has 1 saturated heterocycles. The van der Waals surface area contributed by atoms with Crippen LogP contribution in [-0.4, -0.2) is 25.9 Å². The van der Waals surface area contributed by atoms with E-state index in [9.17, 15) is 0 Å². The Kier molecular flexibility index (Phi) is 3.91. The number of halogens is 1. The third-order valence-electron chi connectivity index (χ3n) is 2.40. The first-order chi connectivity index (χ1) is 7.79. The lowest BCUT2D eigenvalue weighted by atomic mass is 10.2. The Morgan fingerprint density at radius 2 is 2.31 bits per heavy atom. The first-order valence-corrected chi connectivity index (χ1v) is 5.94. The smallest absolute Gasteiger partial charge is 0.142 e. The van der Waals surface area contributed by atoms with E-state index in [0.29, 0.717) is 11.1 Å². The van der Waals surface area contributed by atoms with E-state index in [1.165, 1.54) is 0 Å². The van der Waals surface area contributed by atoms with Gasteiger partial charge in [0.15, 0.2) is 0 Å². The minimum Gasteiger partial charge on any atom is -0.491 e. The first kappa shape index (κ1) is 11.6. The van der Waals surface area contributed by atoms with Gasteiger partial charge in [-0.05, 0) is 24.6 Å². The Hall–Kier alpha value is -0.930. The molecule has 1 aromatic carbocycles. The molecule has 1 N–H and O–H groups in total. The topological polar surface area (TPSA) is 30.5 Å². The molecule has 0 spiro atoms. The molecule has 1 aromatic rings. The zero-order chi connectivity index (χ0) is 11.4. The van der Waals surface area contributed by atoms with Crippen LogP contribution in [0.5, 0.6) is 5.75 Å². The normalized spacial score (nSPS) is 15.6. The molecule has 1 aliphatic heterocycles. The summed E-state index contributed by atoms with van der Waals surface area (Å²) < 4.78 is 10.8. The summed E-state index contributed by atoms with van der Waals surface area (Å²) in [5, 5.41) is 4.08. The lowest BCUT2D eigenvalue weighted by Gasteiger charge is -2.28. The van der Waals surface area contributed by atoms with Crippen molar-refractivity contribution < 1.29 is 9.47 Å². The molecule has 4 heteroatoms. The van der Waals surface area contributed by atoms with Crippen molar-refractivity contribution in [3.63, 3.8) is 0 Å². The maximum atomic E-state index is 5.97. The van der Waals surface area contributed by atoms with E-state index in [4.69, 9.17) is 21.1 Å². The zero-order valence-corrected chi connectivity index (χ0v) is 10.1. The highest BCUT2D eigenvalue weighted by molar-refractivity contribution is 6.30. The number of rotatable bonds is 5. The fraction of sp³-hybridized carbons (Fsp3) is 0.500. The highest BCUT2D eigenvalue weighted by atomic mass is 35.5. The molecule has 88 valence electrons. The zero-order valence-electron chi connectivity index (χ0n) is 9.33. The van der Waals surface area contributed by atoms with Crippen molar-refractivity contribution in [3.05, 3.63) is 23.2 Å². The Bertz CT molecular complexity index is 353. The summed E-state index contributed by atoms with van der Waals surface area (Å²) >= 11 is 5.97. The van der Waals surface area contributed by atoms with Gasteiger partial charge in [-0.15, -0.1) is 0 Å². The van der Waals surface area contributed by atoms with E-state index in [1.807, 2.05) is 18.2 Å². The second-order valence-electron chi connectivity index (χ2n) is 3.87. The number of ether oxygens (including phenoxy) is 2. The van der Waals surface area contributed by atoms with Crippen molar-refractivity contribution in [1.82, 2.24) is 0 Å². The average Bonchev–Trinajstić information content (AvgIpc) is 2.22. The van der Waals surface area contributed by atoms with E-state index in [1.54, 1.807) is 0 Å². The van der Waals surface area contributed by atoms with Crippen LogP contribution in [0.4, 0.5) is 5.69 Å². The minimum absolute atomic E-state index is 0.377. The van der Waals surface area contributed by atoms with Gasteiger partial charge in [-0.1, -0.05) is 18.5 Å². The number of anilines is 1. The molecule has 0 radical (unpaired) electrons. The van der Waals surface area contributed by atoms with Gasteiger partial charge >= 0.3 is 0 Å². The van der Waals surface area contributed by atoms with E-state index < -0.39 is 0 Å². The highest BCUT2D eigenvalue weighted by Gasteiger charge is 2.19. The van der Waals surface area contributed by atoms with Gasteiger partial charge in [0.05, 0.1) is 31.5 Å². The predicted octanol–water partition coefficient (Wildman–Crippen LogP) is 2.94. The van der Waals surface area contributed by atoms with Crippen molar-refractivity contribution in [2.24, 2.45) is 0 Å². The van der Waals surface area contributed by atoms with E-state index in [2.05, 4.69) is 12.2 Å². The molecule has 0 saturated carbocycles. The Morgan fingerprint density at radius 3 is 2.94 bits per heavy atom. The van der Waals surface area contributed by atoms with Gasteiger partial charge < -0.3 is 14.8 Å². The Balaban J connectivity index is 2.07. The monoisotopic (exact) mass is 241 g/mol.